The molecule has 0 aliphatic rings. The zero-order valence-electron chi connectivity index (χ0n) is 16.0. The standard InChI is InChI=1S/C7H9N.C7H15N.C3H10N2.CH5N/c1-8-7-5-3-2-4-6-7;1-4-5-6-7(2)8-3;1-5-3-2-4;1-2/h2-6,8H,1H3;4-6H2,1-3H3;5H,2-4H2,1H3;2H2,1H3. The number of nitrogens with two attached hydrogens (primary N) is 2. The summed E-state index contributed by atoms with van der Waals surface area (Å²) in [6.07, 6.45) is 3.73. The summed E-state index contributed by atoms with van der Waals surface area (Å²) >= 11 is 0. The fourth-order valence-electron chi connectivity index (χ4n) is 1.29. The fraction of sp³-hybridized carbons (Fsp3) is 0.611. The van der Waals surface area contributed by atoms with Crippen LogP contribution < -0.4 is 22.1 Å². The van der Waals surface area contributed by atoms with E-state index in [1.807, 2.05) is 51.5 Å². The number of anilines is 1. The van der Waals surface area contributed by atoms with Crippen molar-refractivity contribution in [2.75, 3.05) is 46.6 Å². The topological polar surface area (TPSA) is 88.5 Å². The largest absolute Gasteiger partial charge is 0.388 e. The summed E-state index contributed by atoms with van der Waals surface area (Å²) in [5.74, 6) is 0. The van der Waals surface area contributed by atoms with Crippen molar-refractivity contribution >= 4 is 11.4 Å². The zero-order valence-corrected chi connectivity index (χ0v) is 16.0. The lowest BCUT2D eigenvalue weighted by molar-refractivity contribution is 0.802. The molecule has 136 valence electrons. The minimum atomic E-state index is 0.733. The van der Waals surface area contributed by atoms with Crippen LogP contribution in [0.3, 0.4) is 0 Å². The van der Waals surface area contributed by atoms with Crippen molar-refractivity contribution in [2.24, 2.45) is 16.5 Å². The molecule has 6 N–H and O–H groups in total. The number of benzene rings is 1. The van der Waals surface area contributed by atoms with E-state index in [0.717, 1.165) is 18.8 Å². The molecule has 1 rings (SSSR count). The monoisotopic (exact) mass is 325 g/mol. The Morgan fingerprint density at radius 3 is 1.96 bits per heavy atom. The Morgan fingerprint density at radius 1 is 1.13 bits per heavy atom. The van der Waals surface area contributed by atoms with E-state index < -0.39 is 0 Å². The van der Waals surface area contributed by atoms with Gasteiger partial charge in [0.05, 0.1) is 0 Å². The molecule has 0 atom stereocenters. The van der Waals surface area contributed by atoms with Gasteiger partial charge in [0.15, 0.2) is 0 Å². The van der Waals surface area contributed by atoms with Gasteiger partial charge in [-0.3, -0.25) is 4.99 Å². The summed E-state index contributed by atoms with van der Waals surface area (Å²) in [5, 5.41) is 5.92. The third-order valence-corrected chi connectivity index (χ3v) is 2.73. The van der Waals surface area contributed by atoms with E-state index in [2.05, 4.69) is 35.2 Å². The number of likely N-dealkylation sites (N-methyl/N-ethyl adjacent to an activating group) is 1. The predicted molar refractivity (Wildman–Crippen MR) is 108 cm³/mol. The molecule has 0 unspecified atom stereocenters. The zero-order chi connectivity index (χ0) is 18.3. The van der Waals surface area contributed by atoms with Gasteiger partial charge < -0.3 is 22.1 Å². The average molecular weight is 326 g/mol. The molecule has 5 nitrogen and oxygen atoms in total. The van der Waals surface area contributed by atoms with E-state index in [-0.39, 0.29) is 0 Å². The maximum atomic E-state index is 5.08. The Balaban J connectivity index is -0.000000254. The molecule has 0 amide bonds. The van der Waals surface area contributed by atoms with Crippen LogP contribution in [0.25, 0.3) is 0 Å². The third-order valence-electron chi connectivity index (χ3n) is 2.73. The van der Waals surface area contributed by atoms with Gasteiger partial charge >= 0.3 is 0 Å². The smallest absolute Gasteiger partial charge is 0.0337 e. The number of hydrogen-bond acceptors (Lipinski definition) is 5. The summed E-state index contributed by atoms with van der Waals surface area (Å²) in [6.45, 7) is 5.93. The van der Waals surface area contributed by atoms with Gasteiger partial charge in [-0.2, -0.15) is 0 Å². The number of nitrogens with one attached hydrogen (secondary N) is 2. The van der Waals surface area contributed by atoms with Crippen LogP contribution in [0.5, 0.6) is 0 Å². The molecule has 0 aliphatic carbocycles. The van der Waals surface area contributed by atoms with Crippen LogP contribution in [0, 0.1) is 0 Å². The fourth-order valence-corrected chi connectivity index (χ4v) is 1.29. The van der Waals surface area contributed by atoms with Gasteiger partial charge in [-0.05, 0) is 46.0 Å². The number of unbranched alkanes of at least 4 members (excludes halogenated alkanes) is 1. The van der Waals surface area contributed by atoms with Gasteiger partial charge in [-0.1, -0.05) is 31.5 Å². The maximum absolute atomic E-state index is 5.08. The van der Waals surface area contributed by atoms with Gasteiger partial charge in [-0.15, -0.1) is 0 Å². The van der Waals surface area contributed by atoms with Crippen LogP contribution in [-0.2, 0) is 0 Å². The molecular formula is C18H39N5. The highest BCUT2D eigenvalue weighted by Crippen LogP contribution is 2.01. The van der Waals surface area contributed by atoms with Crippen LogP contribution in [-0.4, -0.2) is 47.0 Å². The third kappa shape index (κ3) is 25.8. The minimum Gasteiger partial charge on any atom is -0.388 e. The summed E-state index contributed by atoms with van der Waals surface area (Å²) in [5.41, 5.74) is 12.0. The van der Waals surface area contributed by atoms with Gasteiger partial charge in [0.2, 0.25) is 0 Å². The number of nitrogens with zero attached hydrogens (tertiary/aromatic N) is 1. The molecule has 0 saturated heterocycles. The molecule has 1 aromatic carbocycles. The minimum absolute atomic E-state index is 0.733. The number of aliphatic imine (C=N–C) groups is 1. The average Bonchev–Trinajstić information content (AvgIpc) is 2.63. The van der Waals surface area contributed by atoms with E-state index in [1.54, 1.807) is 0 Å². The summed E-state index contributed by atoms with van der Waals surface area (Å²) in [4.78, 5) is 4.04. The number of rotatable bonds is 6. The maximum Gasteiger partial charge on any atom is 0.0337 e. The van der Waals surface area contributed by atoms with Crippen molar-refractivity contribution in [2.45, 2.75) is 33.1 Å². The van der Waals surface area contributed by atoms with Crippen molar-refractivity contribution in [3.05, 3.63) is 30.3 Å². The van der Waals surface area contributed by atoms with Crippen LogP contribution in [0.4, 0.5) is 5.69 Å². The molecule has 0 aliphatic heterocycles. The van der Waals surface area contributed by atoms with Gasteiger partial charge in [0.25, 0.3) is 0 Å². The first-order valence-corrected chi connectivity index (χ1v) is 8.23. The Labute approximate surface area is 144 Å². The Morgan fingerprint density at radius 2 is 1.70 bits per heavy atom. The van der Waals surface area contributed by atoms with Gasteiger partial charge in [0, 0.05) is 38.6 Å². The van der Waals surface area contributed by atoms with Gasteiger partial charge in [-0.25, -0.2) is 0 Å². The second-order valence-corrected chi connectivity index (χ2v) is 4.57. The molecule has 5 heteroatoms. The Kier molecular flexibility index (Phi) is 29.4. The highest BCUT2D eigenvalue weighted by molar-refractivity contribution is 5.81. The Bertz CT molecular complexity index is 323. The van der Waals surface area contributed by atoms with Crippen molar-refractivity contribution in [3.63, 3.8) is 0 Å². The van der Waals surface area contributed by atoms with E-state index in [9.17, 15) is 0 Å². The normalized spacial score (nSPS) is 9.30. The van der Waals surface area contributed by atoms with E-state index in [1.165, 1.54) is 32.0 Å². The van der Waals surface area contributed by atoms with Crippen LogP contribution in [0.2, 0.25) is 0 Å². The first-order valence-electron chi connectivity index (χ1n) is 8.23. The first-order chi connectivity index (χ1) is 11.2. The van der Waals surface area contributed by atoms with Crippen molar-refractivity contribution in [1.29, 1.82) is 0 Å². The second-order valence-electron chi connectivity index (χ2n) is 4.57. The second kappa shape index (κ2) is 25.5. The van der Waals surface area contributed by atoms with E-state index in [4.69, 9.17) is 5.73 Å². The quantitative estimate of drug-likeness (QED) is 0.606. The summed E-state index contributed by atoms with van der Waals surface area (Å²) in [6, 6.07) is 10.1. The molecule has 0 saturated carbocycles. The summed E-state index contributed by atoms with van der Waals surface area (Å²) in [7, 11) is 7.15. The molecule has 0 aromatic heterocycles. The van der Waals surface area contributed by atoms with Crippen LogP contribution >= 0.6 is 0 Å². The van der Waals surface area contributed by atoms with Crippen LogP contribution in [0.15, 0.2) is 35.3 Å². The molecule has 0 heterocycles. The molecular weight excluding hydrogens is 286 g/mol. The molecule has 0 fully saturated rings. The molecule has 0 spiro atoms. The molecule has 0 radical (unpaired) electrons. The molecule has 1 aromatic rings. The van der Waals surface area contributed by atoms with Gasteiger partial charge in [0.1, 0.15) is 0 Å². The SMILES string of the molecule is CCCCC(C)=NC.CN.CNCCN.CNc1ccccc1. The molecule has 23 heavy (non-hydrogen) atoms. The van der Waals surface area contributed by atoms with Crippen LogP contribution in [0.1, 0.15) is 33.1 Å². The predicted octanol–water partition coefficient (Wildman–Crippen LogP) is 2.74. The van der Waals surface area contributed by atoms with Crippen molar-refractivity contribution in [1.82, 2.24) is 5.32 Å². The van der Waals surface area contributed by atoms with Crippen molar-refractivity contribution in [3.8, 4) is 0 Å². The lowest BCUT2D eigenvalue weighted by Crippen LogP contribution is -2.17. The van der Waals surface area contributed by atoms with E-state index in [0.29, 0.717) is 0 Å². The first kappa shape index (κ1) is 26.5. The number of hydrogen-bond donors (Lipinski definition) is 4. The highest BCUT2D eigenvalue weighted by Gasteiger charge is 1.85. The lowest BCUT2D eigenvalue weighted by Gasteiger charge is -1.94. The highest BCUT2D eigenvalue weighted by atomic mass is 14.8. The molecule has 0 bridgehead atoms. The lowest BCUT2D eigenvalue weighted by atomic mass is 10.2. The Hall–Kier alpha value is -1.43. The van der Waals surface area contributed by atoms with Crippen molar-refractivity contribution < 1.29 is 0 Å². The number of para-hydroxylation sites is 1. The summed E-state index contributed by atoms with van der Waals surface area (Å²) < 4.78 is 0. The van der Waals surface area contributed by atoms with E-state index >= 15 is 0 Å².